The van der Waals surface area contributed by atoms with Crippen LogP contribution in [0.2, 0.25) is 0 Å². The Morgan fingerprint density at radius 1 is 1.11 bits per heavy atom. The first-order valence-corrected chi connectivity index (χ1v) is 13.1. The predicted molar refractivity (Wildman–Crippen MR) is 143 cm³/mol. The standard InChI is InChI=1S/C28H33N5O5/c1-2-36-28(35)6-3-20-15-24-23(31-17-20)4-5-27(34)33(24)12-11-32-9-7-21(8-10-32)29-18-22-16-25-26(19-30-22)38-14-13-37-25/h3-6,15-17,19,21,29H,2,7-14,18H2,1H3. The van der Waals surface area contributed by atoms with E-state index in [1.165, 1.54) is 6.08 Å². The van der Waals surface area contributed by atoms with E-state index in [1.807, 2.05) is 12.1 Å². The van der Waals surface area contributed by atoms with Gasteiger partial charge in [-0.3, -0.25) is 14.8 Å². The Morgan fingerprint density at radius 2 is 1.92 bits per heavy atom. The second-order valence-corrected chi connectivity index (χ2v) is 9.40. The Hall–Kier alpha value is -3.76. The second-order valence-electron chi connectivity index (χ2n) is 9.40. The van der Waals surface area contributed by atoms with Crippen molar-refractivity contribution >= 4 is 23.1 Å². The summed E-state index contributed by atoms with van der Waals surface area (Å²) >= 11 is 0. The van der Waals surface area contributed by atoms with Crippen LogP contribution >= 0.6 is 0 Å². The first kappa shape index (κ1) is 25.9. The van der Waals surface area contributed by atoms with Gasteiger partial charge in [-0.25, -0.2) is 4.79 Å². The van der Waals surface area contributed by atoms with Crippen LogP contribution in [-0.4, -0.2) is 70.9 Å². The summed E-state index contributed by atoms with van der Waals surface area (Å²) in [6.45, 7) is 7.16. The zero-order chi connectivity index (χ0) is 26.3. The minimum absolute atomic E-state index is 0.0608. The molecule has 5 rings (SSSR count). The molecule has 0 aliphatic carbocycles. The zero-order valence-corrected chi connectivity index (χ0v) is 21.6. The number of fused-ring (bicyclic) bond motifs is 2. The molecule has 1 N–H and O–H groups in total. The van der Waals surface area contributed by atoms with Gasteiger partial charge in [0.1, 0.15) is 13.2 Å². The van der Waals surface area contributed by atoms with Crippen molar-refractivity contribution in [3.05, 3.63) is 64.3 Å². The van der Waals surface area contributed by atoms with Gasteiger partial charge in [0.25, 0.3) is 5.56 Å². The van der Waals surface area contributed by atoms with Crippen LogP contribution < -0.4 is 20.3 Å². The molecule has 10 heteroatoms. The number of piperidine rings is 1. The van der Waals surface area contributed by atoms with Gasteiger partial charge in [-0.1, -0.05) is 0 Å². The summed E-state index contributed by atoms with van der Waals surface area (Å²) < 4.78 is 17.9. The number of aromatic nitrogens is 3. The van der Waals surface area contributed by atoms with Gasteiger partial charge in [-0.05, 0) is 56.6 Å². The number of rotatable bonds is 9. The van der Waals surface area contributed by atoms with Gasteiger partial charge in [0, 0.05) is 50.1 Å². The maximum atomic E-state index is 12.7. The molecule has 3 aromatic rings. The molecule has 10 nitrogen and oxygen atoms in total. The number of nitrogens with zero attached hydrogens (tertiary/aromatic N) is 4. The van der Waals surface area contributed by atoms with Crippen LogP contribution in [0.5, 0.6) is 11.5 Å². The van der Waals surface area contributed by atoms with Crippen molar-refractivity contribution in [3.63, 3.8) is 0 Å². The number of likely N-dealkylation sites (tertiary alicyclic amines) is 1. The lowest BCUT2D eigenvalue weighted by Crippen LogP contribution is -2.43. The summed E-state index contributed by atoms with van der Waals surface area (Å²) in [5, 5.41) is 3.62. The Morgan fingerprint density at radius 3 is 2.74 bits per heavy atom. The molecular weight excluding hydrogens is 486 g/mol. The maximum absolute atomic E-state index is 12.7. The molecule has 0 saturated carbocycles. The van der Waals surface area contributed by atoms with Gasteiger partial charge in [0.15, 0.2) is 11.5 Å². The van der Waals surface area contributed by atoms with E-state index in [9.17, 15) is 9.59 Å². The van der Waals surface area contributed by atoms with E-state index in [-0.39, 0.29) is 5.56 Å². The highest BCUT2D eigenvalue weighted by Crippen LogP contribution is 2.29. The summed E-state index contributed by atoms with van der Waals surface area (Å²) in [5.74, 6) is 1.07. The van der Waals surface area contributed by atoms with Crippen LogP contribution in [0.4, 0.5) is 0 Å². The molecule has 0 spiro atoms. The lowest BCUT2D eigenvalue weighted by atomic mass is 10.0. The van der Waals surface area contributed by atoms with E-state index >= 15 is 0 Å². The van der Waals surface area contributed by atoms with E-state index in [0.29, 0.717) is 44.7 Å². The van der Waals surface area contributed by atoms with Crippen LogP contribution in [0.1, 0.15) is 31.0 Å². The van der Waals surface area contributed by atoms with E-state index in [4.69, 9.17) is 14.2 Å². The summed E-state index contributed by atoms with van der Waals surface area (Å²) in [6, 6.07) is 7.55. The number of esters is 1. The zero-order valence-electron chi connectivity index (χ0n) is 21.6. The van der Waals surface area contributed by atoms with Gasteiger partial charge >= 0.3 is 5.97 Å². The van der Waals surface area contributed by atoms with Gasteiger partial charge in [0.05, 0.1) is 29.5 Å². The van der Waals surface area contributed by atoms with Crippen molar-refractivity contribution in [1.82, 2.24) is 24.8 Å². The molecule has 0 atom stereocenters. The fourth-order valence-electron chi connectivity index (χ4n) is 4.80. The fourth-order valence-corrected chi connectivity index (χ4v) is 4.80. The van der Waals surface area contributed by atoms with E-state index in [0.717, 1.165) is 60.5 Å². The SMILES string of the molecule is CCOC(=O)C=Cc1cnc2ccc(=O)n(CCN3CCC(NCc4cc5c(cn4)OCCO5)CC3)c2c1. The van der Waals surface area contributed by atoms with Crippen molar-refractivity contribution in [2.75, 3.05) is 39.5 Å². The molecule has 1 fully saturated rings. The molecular formula is C28H33N5O5. The van der Waals surface area contributed by atoms with Gasteiger partial charge in [0.2, 0.25) is 0 Å². The van der Waals surface area contributed by atoms with Crippen molar-refractivity contribution in [2.24, 2.45) is 0 Å². The smallest absolute Gasteiger partial charge is 0.330 e. The van der Waals surface area contributed by atoms with Crippen LogP contribution in [0.15, 0.2) is 47.5 Å². The van der Waals surface area contributed by atoms with Gasteiger partial charge < -0.3 is 29.0 Å². The van der Waals surface area contributed by atoms with E-state index in [1.54, 1.807) is 42.1 Å². The van der Waals surface area contributed by atoms with Crippen molar-refractivity contribution in [3.8, 4) is 11.5 Å². The molecule has 0 radical (unpaired) electrons. The predicted octanol–water partition coefficient (Wildman–Crippen LogP) is 2.39. The Bertz CT molecular complexity index is 1360. The fraction of sp³-hybridized carbons (Fsp3) is 0.429. The molecule has 3 aromatic heterocycles. The van der Waals surface area contributed by atoms with Crippen LogP contribution in [-0.2, 0) is 22.6 Å². The number of carbonyl (C=O) groups is 1. The molecule has 5 heterocycles. The van der Waals surface area contributed by atoms with Crippen molar-refractivity contribution < 1.29 is 19.0 Å². The van der Waals surface area contributed by atoms with Crippen molar-refractivity contribution in [2.45, 2.75) is 38.9 Å². The Labute approximate surface area is 221 Å². The van der Waals surface area contributed by atoms with E-state index < -0.39 is 5.97 Å². The highest BCUT2D eigenvalue weighted by Gasteiger charge is 2.20. The molecule has 1 saturated heterocycles. The third kappa shape index (κ3) is 6.38. The highest BCUT2D eigenvalue weighted by atomic mass is 16.6. The minimum Gasteiger partial charge on any atom is -0.486 e. The third-order valence-corrected chi connectivity index (χ3v) is 6.84. The quantitative estimate of drug-likeness (QED) is 0.337. The number of pyridine rings is 3. The number of hydrogen-bond acceptors (Lipinski definition) is 9. The average molecular weight is 520 g/mol. The molecule has 0 unspecified atom stereocenters. The summed E-state index contributed by atoms with van der Waals surface area (Å²) in [5.41, 5.74) is 3.12. The molecule has 2 aliphatic heterocycles. The first-order chi connectivity index (χ1) is 18.6. The molecule has 38 heavy (non-hydrogen) atoms. The van der Waals surface area contributed by atoms with E-state index in [2.05, 4.69) is 20.2 Å². The van der Waals surface area contributed by atoms with Crippen molar-refractivity contribution in [1.29, 1.82) is 0 Å². The largest absolute Gasteiger partial charge is 0.486 e. The average Bonchev–Trinajstić information content (AvgIpc) is 2.95. The molecule has 0 aromatic carbocycles. The molecule has 2 aliphatic rings. The molecule has 0 bridgehead atoms. The Kier molecular flexibility index (Phi) is 8.30. The van der Waals surface area contributed by atoms with Crippen LogP contribution in [0.3, 0.4) is 0 Å². The third-order valence-electron chi connectivity index (χ3n) is 6.84. The molecule has 0 amide bonds. The number of nitrogens with one attached hydrogen (secondary N) is 1. The summed E-state index contributed by atoms with van der Waals surface area (Å²) in [4.78, 5) is 35.7. The second kappa shape index (κ2) is 12.2. The maximum Gasteiger partial charge on any atom is 0.330 e. The van der Waals surface area contributed by atoms with Crippen LogP contribution in [0.25, 0.3) is 17.1 Å². The highest BCUT2D eigenvalue weighted by molar-refractivity contribution is 5.88. The van der Waals surface area contributed by atoms with Crippen LogP contribution in [0, 0.1) is 0 Å². The summed E-state index contributed by atoms with van der Waals surface area (Å²) in [7, 11) is 0. The number of carbonyl (C=O) groups excluding carboxylic acids is 1. The number of ether oxygens (including phenoxy) is 3. The Balaban J connectivity index is 1.15. The first-order valence-electron chi connectivity index (χ1n) is 13.1. The monoisotopic (exact) mass is 519 g/mol. The topological polar surface area (TPSA) is 108 Å². The normalized spacial score (nSPS) is 16.2. The minimum atomic E-state index is -0.404. The lowest BCUT2D eigenvalue weighted by molar-refractivity contribution is -0.137. The van der Waals surface area contributed by atoms with Gasteiger partial charge in [-0.15, -0.1) is 0 Å². The lowest BCUT2D eigenvalue weighted by Gasteiger charge is -2.32. The van der Waals surface area contributed by atoms with Gasteiger partial charge in [-0.2, -0.15) is 0 Å². The number of hydrogen-bond donors (Lipinski definition) is 1. The summed E-state index contributed by atoms with van der Waals surface area (Å²) in [6.07, 6.45) is 8.51. The molecule has 200 valence electrons.